The Morgan fingerprint density at radius 3 is 2.50 bits per heavy atom. The van der Waals surface area contributed by atoms with E-state index in [0.29, 0.717) is 22.3 Å². The number of ketones is 2. The molecule has 0 unspecified atom stereocenters. The van der Waals surface area contributed by atoms with Crippen LogP contribution >= 0.6 is 0 Å². The van der Waals surface area contributed by atoms with Crippen LogP contribution in [0.1, 0.15) is 29.0 Å². The first-order valence-corrected chi connectivity index (χ1v) is 6.11. The first-order valence-electron chi connectivity index (χ1n) is 6.11. The molecule has 0 bridgehead atoms. The number of carbonyl (C=O) groups excluding carboxylic acids is 2. The van der Waals surface area contributed by atoms with Gasteiger partial charge in [0.15, 0.2) is 11.6 Å². The van der Waals surface area contributed by atoms with E-state index in [4.69, 9.17) is 5.26 Å². The highest BCUT2D eigenvalue weighted by Gasteiger charge is 2.26. The van der Waals surface area contributed by atoms with Crippen molar-refractivity contribution in [1.29, 1.82) is 5.26 Å². The minimum Gasteiger partial charge on any atom is -0.293 e. The van der Waals surface area contributed by atoms with E-state index in [0.717, 1.165) is 0 Å². The monoisotopic (exact) mass is 263 g/mol. The molecule has 2 aromatic rings. The maximum Gasteiger partial charge on any atom is 0.187 e. The third-order valence-electron chi connectivity index (χ3n) is 3.12. The van der Waals surface area contributed by atoms with E-state index in [-0.39, 0.29) is 30.1 Å². The molecule has 0 atom stereocenters. The highest BCUT2D eigenvalue weighted by Crippen LogP contribution is 2.27. The summed E-state index contributed by atoms with van der Waals surface area (Å²) in [4.78, 5) is 32.5. The normalized spacial score (nSPS) is 13.6. The van der Waals surface area contributed by atoms with Crippen molar-refractivity contribution in [2.24, 2.45) is 0 Å². The molecule has 0 fully saturated rings. The number of aromatic nitrogens is 2. The highest BCUT2D eigenvalue weighted by molar-refractivity contribution is 6.25. The molecule has 0 saturated carbocycles. The van der Waals surface area contributed by atoms with Gasteiger partial charge in [-0.25, -0.2) is 9.97 Å². The summed E-state index contributed by atoms with van der Waals surface area (Å²) >= 11 is 0. The molecule has 1 aromatic carbocycles. The standard InChI is InChI=1S/C15H9N3O2/c16-8-7-12(19)9-5-6-13(20)15-14(9)17-10-3-1-2-4-11(10)18-15/h1-5H,6-7H2. The summed E-state index contributed by atoms with van der Waals surface area (Å²) in [6.45, 7) is 0. The van der Waals surface area contributed by atoms with E-state index < -0.39 is 0 Å². The Hall–Kier alpha value is -2.87. The number of rotatable bonds is 2. The molecule has 1 aromatic heterocycles. The predicted molar refractivity (Wildman–Crippen MR) is 71.7 cm³/mol. The van der Waals surface area contributed by atoms with Gasteiger partial charge < -0.3 is 0 Å². The molecule has 1 aliphatic rings. The summed E-state index contributed by atoms with van der Waals surface area (Å²) in [6.07, 6.45) is 1.42. The second kappa shape index (κ2) is 4.67. The Balaban J connectivity index is 2.23. The summed E-state index contributed by atoms with van der Waals surface area (Å²) < 4.78 is 0. The summed E-state index contributed by atoms with van der Waals surface area (Å²) in [7, 11) is 0. The third kappa shape index (κ3) is 1.88. The van der Waals surface area contributed by atoms with E-state index in [1.807, 2.05) is 18.2 Å². The van der Waals surface area contributed by atoms with Gasteiger partial charge in [0.1, 0.15) is 11.4 Å². The lowest BCUT2D eigenvalue weighted by atomic mass is 9.94. The number of benzene rings is 1. The van der Waals surface area contributed by atoms with Crippen molar-refractivity contribution < 1.29 is 9.59 Å². The van der Waals surface area contributed by atoms with Crippen LogP contribution in [0.2, 0.25) is 0 Å². The van der Waals surface area contributed by atoms with Gasteiger partial charge in [0, 0.05) is 12.0 Å². The molecule has 0 aliphatic heterocycles. The zero-order valence-corrected chi connectivity index (χ0v) is 10.5. The summed E-state index contributed by atoms with van der Waals surface area (Å²) in [5, 5.41) is 8.64. The molecule has 20 heavy (non-hydrogen) atoms. The van der Waals surface area contributed by atoms with Crippen molar-refractivity contribution in [3.05, 3.63) is 41.7 Å². The van der Waals surface area contributed by atoms with Gasteiger partial charge in [-0.05, 0) is 12.1 Å². The van der Waals surface area contributed by atoms with Crippen LogP contribution < -0.4 is 0 Å². The van der Waals surface area contributed by atoms with Crippen LogP contribution in [-0.2, 0) is 4.79 Å². The maximum absolute atomic E-state index is 11.9. The average Bonchev–Trinajstić information content (AvgIpc) is 2.46. The molecule has 5 nitrogen and oxygen atoms in total. The fraction of sp³-hybridized carbons (Fsp3) is 0.133. The molecule has 1 aliphatic carbocycles. The van der Waals surface area contributed by atoms with E-state index in [2.05, 4.69) is 9.97 Å². The number of Topliss-reactive ketones (excluding diaryl/α,β-unsaturated/α-hetero) is 2. The molecule has 96 valence electrons. The summed E-state index contributed by atoms with van der Waals surface area (Å²) in [5.74, 6) is -0.488. The van der Waals surface area contributed by atoms with Crippen LogP contribution in [0.4, 0.5) is 0 Å². The molecular weight excluding hydrogens is 254 g/mol. The Kier molecular flexibility index (Phi) is 2.84. The van der Waals surface area contributed by atoms with E-state index in [9.17, 15) is 9.59 Å². The molecule has 0 N–H and O–H groups in total. The van der Waals surface area contributed by atoms with Crippen molar-refractivity contribution in [2.45, 2.75) is 12.8 Å². The quantitative estimate of drug-likeness (QED) is 0.828. The number of hydrogen-bond donors (Lipinski definition) is 0. The molecule has 0 saturated heterocycles. The molecule has 1 heterocycles. The maximum atomic E-state index is 11.9. The Labute approximate surface area is 114 Å². The van der Waals surface area contributed by atoms with Crippen LogP contribution in [0.25, 0.3) is 16.6 Å². The number of nitriles is 1. The first-order chi connectivity index (χ1) is 9.70. The second-order valence-electron chi connectivity index (χ2n) is 4.41. The van der Waals surface area contributed by atoms with Crippen molar-refractivity contribution in [2.75, 3.05) is 0 Å². The van der Waals surface area contributed by atoms with Crippen molar-refractivity contribution >= 4 is 28.2 Å². The van der Waals surface area contributed by atoms with Crippen LogP contribution in [0.5, 0.6) is 0 Å². The van der Waals surface area contributed by atoms with Crippen molar-refractivity contribution in [3.8, 4) is 6.07 Å². The summed E-state index contributed by atoms with van der Waals surface area (Å²) in [6, 6.07) is 8.99. The van der Waals surface area contributed by atoms with Gasteiger partial charge >= 0.3 is 0 Å². The van der Waals surface area contributed by atoms with Gasteiger partial charge in [-0.15, -0.1) is 0 Å². The fourth-order valence-corrected chi connectivity index (χ4v) is 2.18. The second-order valence-corrected chi connectivity index (χ2v) is 4.41. The van der Waals surface area contributed by atoms with Gasteiger partial charge in [0.25, 0.3) is 0 Å². The minimum atomic E-state index is -0.328. The molecule has 0 radical (unpaired) electrons. The molecule has 0 amide bonds. The number of hydrogen-bond acceptors (Lipinski definition) is 5. The lowest BCUT2D eigenvalue weighted by molar-refractivity contribution is -0.112. The van der Waals surface area contributed by atoms with Gasteiger partial charge in [-0.2, -0.15) is 5.26 Å². The van der Waals surface area contributed by atoms with Crippen LogP contribution in [0.3, 0.4) is 0 Å². The van der Waals surface area contributed by atoms with Gasteiger partial charge in [0.05, 0.1) is 23.5 Å². The molecular formula is C15H9N3O2. The number of allylic oxidation sites excluding steroid dienone is 2. The average molecular weight is 263 g/mol. The number of nitrogens with zero attached hydrogens (tertiary/aromatic N) is 3. The lowest BCUT2D eigenvalue weighted by Crippen LogP contribution is -2.16. The van der Waals surface area contributed by atoms with E-state index in [1.54, 1.807) is 12.1 Å². The molecule has 0 spiro atoms. The smallest absolute Gasteiger partial charge is 0.187 e. The highest BCUT2D eigenvalue weighted by atomic mass is 16.1. The Bertz CT molecular complexity index is 815. The fourth-order valence-electron chi connectivity index (χ4n) is 2.18. The minimum absolute atomic E-state index is 0.118. The van der Waals surface area contributed by atoms with E-state index >= 15 is 0 Å². The Morgan fingerprint density at radius 1 is 1.20 bits per heavy atom. The van der Waals surface area contributed by atoms with Gasteiger partial charge in [-0.1, -0.05) is 18.2 Å². The first kappa shape index (κ1) is 12.2. The van der Waals surface area contributed by atoms with E-state index in [1.165, 1.54) is 6.08 Å². The molecule has 3 rings (SSSR count). The predicted octanol–water partition coefficient (Wildman–Crippen LogP) is 2.08. The topological polar surface area (TPSA) is 83.7 Å². The van der Waals surface area contributed by atoms with Crippen LogP contribution in [0.15, 0.2) is 30.3 Å². The number of para-hydroxylation sites is 2. The SMILES string of the molecule is N#CCC(=O)C1=CCC(=O)c2nc3ccccc3nc21. The number of fused-ring (bicyclic) bond motifs is 2. The van der Waals surface area contributed by atoms with Gasteiger partial charge in [-0.3, -0.25) is 9.59 Å². The van der Waals surface area contributed by atoms with Crippen molar-refractivity contribution in [3.63, 3.8) is 0 Å². The van der Waals surface area contributed by atoms with Crippen LogP contribution in [-0.4, -0.2) is 21.5 Å². The zero-order valence-electron chi connectivity index (χ0n) is 10.5. The largest absolute Gasteiger partial charge is 0.293 e. The van der Waals surface area contributed by atoms with Crippen LogP contribution in [0, 0.1) is 11.3 Å². The number of carbonyl (C=O) groups is 2. The molecule has 5 heteroatoms. The zero-order chi connectivity index (χ0) is 14.1. The Morgan fingerprint density at radius 2 is 1.85 bits per heavy atom. The summed E-state index contributed by atoms with van der Waals surface area (Å²) in [5.41, 5.74) is 2.07. The lowest BCUT2D eigenvalue weighted by Gasteiger charge is -2.14. The van der Waals surface area contributed by atoms with Gasteiger partial charge in [0.2, 0.25) is 0 Å². The van der Waals surface area contributed by atoms with Crippen molar-refractivity contribution in [1.82, 2.24) is 9.97 Å². The third-order valence-corrected chi connectivity index (χ3v) is 3.12.